The lowest BCUT2D eigenvalue weighted by Gasteiger charge is -2.22. The first-order chi connectivity index (χ1) is 15.2. The molecule has 0 aliphatic rings. The van der Waals surface area contributed by atoms with E-state index in [0.717, 1.165) is 0 Å². The molecule has 0 saturated heterocycles. The van der Waals surface area contributed by atoms with E-state index in [1.807, 2.05) is 0 Å². The first-order valence-corrected chi connectivity index (χ1v) is 14.3. The maximum atomic E-state index is 2.62. The maximum absolute atomic E-state index is 2.62. The van der Waals surface area contributed by atoms with E-state index in [1.165, 1.54) is 128 Å². The third-order valence-corrected chi connectivity index (χ3v) is 7.12. The van der Waals surface area contributed by atoms with E-state index in [-0.39, 0.29) is 0 Å². The standard InChI is InChI=1S/C31H56/c1-6-10-14-18-22-28-26-27(5)29(23-19-15-11-7-2)31(25-21-17-13-9-4)30(28)24-20-16-12-8-3/h26H,6-25H2,1-5H3. The lowest BCUT2D eigenvalue weighted by Crippen LogP contribution is -2.09. The first kappa shape index (κ1) is 28.3. The van der Waals surface area contributed by atoms with Gasteiger partial charge in [0.1, 0.15) is 0 Å². The Morgan fingerprint density at radius 2 is 0.806 bits per heavy atom. The summed E-state index contributed by atoms with van der Waals surface area (Å²) in [6.07, 6.45) is 27.3. The van der Waals surface area contributed by atoms with Crippen molar-refractivity contribution in [3.05, 3.63) is 33.9 Å². The van der Waals surface area contributed by atoms with Gasteiger partial charge in [-0.3, -0.25) is 0 Å². The molecule has 1 aromatic carbocycles. The zero-order valence-electron chi connectivity index (χ0n) is 22.2. The molecule has 1 rings (SSSR count). The van der Waals surface area contributed by atoms with Gasteiger partial charge in [0, 0.05) is 0 Å². The van der Waals surface area contributed by atoms with Gasteiger partial charge >= 0.3 is 0 Å². The fourth-order valence-electron chi connectivity index (χ4n) is 5.16. The van der Waals surface area contributed by atoms with Crippen molar-refractivity contribution < 1.29 is 0 Å². The first-order valence-electron chi connectivity index (χ1n) is 14.3. The molecule has 31 heavy (non-hydrogen) atoms. The molecular weight excluding hydrogens is 372 g/mol. The molecule has 0 fully saturated rings. The van der Waals surface area contributed by atoms with Crippen molar-refractivity contribution in [2.24, 2.45) is 0 Å². The van der Waals surface area contributed by atoms with Gasteiger partial charge in [0.2, 0.25) is 0 Å². The Kier molecular flexibility index (Phi) is 17.1. The topological polar surface area (TPSA) is 0 Å². The van der Waals surface area contributed by atoms with Crippen molar-refractivity contribution in [1.29, 1.82) is 0 Å². The molecule has 0 aromatic heterocycles. The van der Waals surface area contributed by atoms with Crippen molar-refractivity contribution >= 4 is 0 Å². The van der Waals surface area contributed by atoms with Gasteiger partial charge in [-0.15, -0.1) is 0 Å². The second-order valence-electron chi connectivity index (χ2n) is 10.0. The van der Waals surface area contributed by atoms with E-state index in [9.17, 15) is 0 Å². The molecule has 0 spiro atoms. The summed E-state index contributed by atoms with van der Waals surface area (Å²) in [5, 5.41) is 0. The molecule has 0 radical (unpaired) electrons. The number of hydrogen-bond donors (Lipinski definition) is 0. The van der Waals surface area contributed by atoms with Crippen LogP contribution in [0, 0.1) is 6.92 Å². The lowest BCUT2D eigenvalue weighted by molar-refractivity contribution is 0.630. The van der Waals surface area contributed by atoms with Crippen LogP contribution < -0.4 is 0 Å². The Labute approximate surface area is 197 Å². The predicted octanol–water partition coefficient (Wildman–Crippen LogP) is 10.5. The van der Waals surface area contributed by atoms with Crippen LogP contribution >= 0.6 is 0 Å². The summed E-state index contributed by atoms with van der Waals surface area (Å²) in [5.74, 6) is 0. The smallest absolute Gasteiger partial charge is 0.0273 e. The molecule has 0 bridgehead atoms. The minimum absolute atomic E-state index is 1.31. The number of aryl methyl sites for hydroxylation is 2. The monoisotopic (exact) mass is 428 g/mol. The van der Waals surface area contributed by atoms with E-state index in [1.54, 1.807) is 27.8 Å². The summed E-state index contributed by atoms with van der Waals surface area (Å²) in [6.45, 7) is 11.7. The van der Waals surface area contributed by atoms with Crippen LogP contribution in [0.5, 0.6) is 0 Å². The van der Waals surface area contributed by atoms with E-state index >= 15 is 0 Å². The minimum atomic E-state index is 1.31. The van der Waals surface area contributed by atoms with Crippen LogP contribution in [0.3, 0.4) is 0 Å². The highest BCUT2D eigenvalue weighted by atomic mass is 14.2. The van der Waals surface area contributed by atoms with Crippen molar-refractivity contribution in [2.75, 3.05) is 0 Å². The molecule has 0 atom stereocenters. The highest BCUT2D eigenvalue weighted by Gasteiger charge is 2.16. The van der Waals surface area contributed by atoms with Crippen LogP contribution in [0.1, 0.15) is 158 Å². The van der Waals surface area contributed by atoms with Gasteiger partial charge in [-0.05, 0) is 86.1 Å². The Hall–Kier alpha value is -0.780. The van der Waals surface area contributed by atoms with Crippen LogP contribution in [-0.2, 0) is 25.7 Å². The summed E-state index contributed by atoms with van der Waals surface area (Å²) in [4.78, 5) is 0. The third-order valence-electron chi connectivity index (χ3n) is 7.12. The minimum Gasteiger partial charge on any atom is -0.0654 e. The second-order valence-corrected chi connectivity index (χ2v) is 10.0. The Morgan fingerprint density at radius 3 is 1.26 bits per heavy atom. The molecular formula is C31H56. The van der Waals surface area contributed by atoms with Gasteiger partial charge in [0.05, 0.1) is 0 Å². The number of hydrogen-bond acceptors (Lipinski definition) is 0. The molecule has 1 aromatic rings. The summed E-state index contributed by atoms with van der Waals surface area (Å²) in [7, 11) is 0. The average Bonchev–Trinajstić information content (AvgIpc) is 2.77. The van der Waals surface area contributed by atoms with E-state index in [2.05, 4.69) is 40.7 Å². The Bertz CT molecular complexity index is 554. The van der Waals surface area contributed by atoms with Gasteiger partial charge in [-0.25, -0.2) is 0 Å². The highest BCUT2D eigenvalue weighted by Crippen LogP contribution is 2.30. The molecule has 180 valence electrons. The quantitative estimate of drug-likeness (QED) is 0.181. The predicted molar refractivity (Wildman–Crippen MR) is 143 cm³/mol. The average molecular weight is 429 g/mol. The fraction of sp³-hybridized carbons (Fsp3) is 0.806. The molecule has 0 N–H and O–H groups in total. The summed E-state index contributed by atoms with van der Waals surface area (Å²) >= 11 is 0. The zero-order valence-corrected chi connectivity index (χ0v) is 22.2. The molecule has 0 nitrogen and oxygen atoms in total. The fourth-order valence-corrected chi connectivity index (χ4v) is 5.16. The molecule has 0 aliphatic heterocycles. The molecule has 0 aliphatic carbocycles. The molecule has 0 heterocycles. The normalized spacial score (nSPS) is 11.4. The van der Waals surface area contributed by atoms with Crippen molar-refractivity contribution in [1.82, 2.24) is 0 Å². The van der Waals surface area contributed by atoms with Crippen molar-refractivity contribution in [3.8, 4) is 0 Å². The largest absolute Gasteiger partial charge is 0.0654 e. The second kappa shape index (κ2) is 18.8. The van der Waals surface area contributed by atoms with Crippen LogP contribution in [-0.4, -0.2) is 0 Å². The van der Waals surface area contributed by atoms with Crippen LogP contribution in [0.15, 0.2) is 6.07 Å². The van der Waals surface area contributed by atoms with Gasteiger partial charge in [-0.2, -0.15) is 0 Å². The summed E-state index contributed by atoms with van der Waals surface area (Å²) in [6, 6.07) is 2.62. The van der Waals surface area contributed by atoms with Gasteiger partial charge in [0.25, 0.3) is 0 Å². The van der Waals surface area contributed by atoms with Crippen LogP contribution in [0.25, 0.3) is 0 Å². The molecule has 0 amide bonds. The van der Waals surface area contributed by atoms with Crippen molar-refractivity contribution in [3.63, 3.8) is 0 Å². The maximum Gasteiger partial charge on any atom is -0.0273 e. The molecule has 0 saturated carbocycles. The zero-order chi connectivity index (χ0) is 22.7. The summed E-state index contributed by atoms with van der Waals surface area (Å²) < 4.78 is 0. The lowest BCUT2D eigenvalue weighted by atomic mass is 9.83. The van der Waals surface area contributed by atoms with E-state index in [4.69, 9.17) is 0 Å². The van der Waals surface area contributed by atoms with Crippen molar-refractivity contribution in [2.45, 2.75) is 163 Å². The Morgan fingerprint density at radius 1 is 0.419 bits per heavy atom. The third kappa shape index (κ3) is 11.6. The van der Waals surface area contributed by atoms with E-state index in [0.29, 0.717) is 0 Å². The number of unbranched alkanes of at least 4 members (excludes halogenated alkanes) is 12. The van der Waals surface area contributed by atoms with E-state index < -0.39 is 0 Å². The number of benzene rings is 1. The van der Waals surface area contributed by atoms with Crippen LogP contribution in [0.4, 0.5) is 0 Å². The Balaban J connectivity index is 3.12. The van der Waals surface area contributed by atoms with Gasteiger partial charge in [-0.1, -0.05) is 111 Å². The van der Waals surface area contributed by atoms with Gasteiger partial charge < -0.3 is 0 Å². The highest BCUT2D eigenvalue weighted by molar-refractivity contribution is 5.46. The SMILES string of the molecule is CCCCCCc1cc(C)c(CCCCCC)c(CCCCCC)c1CCCCCC. The van der Waals surface area contributed by atoms with Gasteiger partial charge in [0.15, 0.2) is 0 Å². The molecule has 0 unspecified atom stereocenters. The molecule has 0 heteroatoms. The number of rotatable bonds is 20. The van der Waals surface area contributed by atoms with Crippen LogP contribution in [0.2, 0.25) is 0 Å². The summed E-state index contributed by atoms with van der Waals surface area (Å²) in [5.41, 5.74) is 8.66.